The van der Waals surface area contributed by atoms with E-state index in [1.54, 1.807) is 0 Å². The molecule has 1 heterocycles. The zero-order valence-corrected chi connectivity index (χ0v) is 13.2. The maximum atomic E-state index is 12.6. The van der Waals surface area contributed by atoms with Crippen molar-refractivity contribution in [3.63, 3.8) is 0 Å². The van der Waals surface area contributed by atoms with Crippen molar-refractivity contribution < 1.29 is 14.3 Å². The third-order valence-corrected chi connectivity index (χ3v) is 5.47. The van der Waals surface area contributed by atoms with Crippen LogP contribution in [0.2, 0.25) is 0 Å². The fourth-order valence-corrected chi connectivity index (χ4v) is 4.48. The Morgan fingerprint density at radius 2 is 2.00 bits per heavy atom. The van der Waals surface area contributed by atoms with Crippen LogP contribution >= 0.6 is 0 Å². The van der Waals surface area contributed by atoms with Crippen molar-refractivity contribution in [3.8, 4) is 0 Å². The molecular weight excluding hydrogens is 266 g/mol. The molecule has 3 rings (SSSR count). The van der Waals surface area contributed by atoms with Gasteiger partial charge in [-0.1, -0.05) is 20.8 Å². The number of carbonyl (C=O) groups excluding carboxylic acids is 2. The highest BCUT2D eigenvalue weighted by Gasteiger charge is 2.47. The average Bonchev–Trinajstić information content (AvgIpc) is 2.66. The van der Waals surface area contributed by atoms with E-state index in [2.05, 4.69) is 26.1 Å². The number of nitrogens with one attached hydrogen (secondary N) is 1. The van der Waals surface area contributed by atoms with Crippen LogP contribution in [-0.2, 0) is 14.3 Å². The molecule has 2 aliphatic carbocycles. The Labute approximate surface area is 126 Å². The molecule has 116 valence electrons. The molecule has 1 aliphatic heterocycles. The minimum absolute atomic E-state index is 0.0385. The van der Waals surface area contributed by atoms with E-state index in [1.807, 2.05) is 0 Å². The van der Waals surface area contributed by atoms with Crippen LogP contribution in [-0.4, -0.2) is 25.0 Å². The minimum atomic E-state index is -0.266. The van der Waals surface area contributed by atoms with Gasteiger partial charge < -0.3 is 10.1 Å². The normalized spacial score (nSPS) is 35.9. The van der Waals surface area contributed by atoms with Crippen LogP contribution in [0.3, 0.4) is 0 Å². The van der Waals surface area contributed by atoms with Crippen LogP contribution in [0.4, 0.5) is 0 Å². The quantitative estimate of drug-likeness (QED) is 0.697. The van der Waals surface area contributed by atoms with Gasteiger partial charge in [0, 0.05) is 11.1 Å². The van der Waals surface area contributed by atoms with Crippen molar-refractivity contribution in [1.29, 1.82) is 0 Å². The Balaban J connectivity index is 2.07. The van der Waals surface area contributed by atoms with Crippen molar-refractivity contribution >= 4 is 11.9 Å². The summed E-state index contributed by atoms with van der Waals surface area (Å²) >= 11 is 0. The van der Waals surface area contributed by atoms with E-state index in [1.165, 1.54) is 0 Å². The summed E-state index contributed by atoms with van der Waals surface area (Å²) in [6.45, 7) is 7.50. The van der Waals surface area contributed by atoms with Gasteiger partial charge in [-0.3, -0.25) is 4.79 Å². The lowest BCUT2D eigenvalue weighted by Gasteiger charge is -2.25. The van der Waals surface area contributed by atoms with Gasteiger partial charge in [0.05, 0.1) is 6.54 Å². The molecular formula is C17H25NO3. The number of carbonyl (C=O) groups is 2. The lowest BCUT2D eigenvalue weighted by Crippen LogP contribution is -2.36. The zero-order valence-electron chi connectivity index (χ0n) is 13.2. The van der Waals surface area contributed by atoms with Gasteiger partial charge in [-0.2, -0.15) is 0 Å². The van der Waals surface area contributed by atoms with E-state index in [4.69, 9.17) is 4.74 Å². The minimum Gasteiger partial charge on any atom is -0.460 e. The highest BCUT2D eigenvalue weighted by atomic mass is 16.5. The zero-order chi connectivity index (χ0) is 15.2. The molecule has 3 aliphatic rings. The molecule has 0 unspecified atom stereocenters. The summed E-state index contributed by atoms with van der Waals surface area (Å²) in [4.78, 5) is 24.9. The van der Waals surface area contributed by atoms with Gasteiger partial charge in [-0.05, 0) is 48.9 Å². The maximum Gasteiger partial charge on any atom is 0.334 e. The van der Waals surface area contributed by atoms with Crippen molar-refractivity contribution in [2.75, 3.05) is 13.2 Å². The van der Waals surface area contributed by atoms with Gasteiger partial charge in [0.25, 0.3) is 0 Å². The van der Waals surface area contributed by atoms with E-state index in [9.17, 15) is 9.59 Å². The molecule has 1 fully saturated rings. The summed E-state index contributed by atoms with van der Waals surface area (Å²) in [6, 6.07) is 0. The molecule has 0 aromatic carbocycles. The first-order chi connectivity index (χ1) is 9.89. The maximum absolute atomic E-state index is 12.6. The van der Waals surface area contributed by atoms with E-state index >= 15 is 0 Å². The summed E-state index contributed by atoms with van der Waals surface area (Å²) in [5.74, 6) is 0.954. The lowest BCUT2D eigenvalue weighted by molar-refractivity contribution is -0.140. The lowest BCUT2D eigenvalue weighted by atomic mass is 9.81. The number of fused-ring (bicyclic) bond motifs is 2. The number of rotatable bonds is 0. The fourth-order valence-electron chi connectivity index (χ4n) is 4.48. The van der Waals surface area contributed by atoms with Crippen molar-refractivity contribution in [3.05, 3.63) is 11.1 Å². The Bertz CT molecular complexity index is 506. The standard InChI is InChI=1S/C17H25NO3/c1-10-4-5-11-14(13-9-17(2,3)8-12(10)13)15(19)18-6-7-21-16(11)20/h10,12-13H,4-9H2,1-3H3,(H,18,19)/t10-,12-,13-/m1/s1. The number of cyclic esters (lactones) is 1. The Hall–Kier alpha value is -1.32. The summed E-state index contributed by atoms with van der Waals surface area (Å²) in [5.41, 5.74) is 1.62. The van der Waals surface area contributed by atoms with E-state index in [0.29, 0.717) is 30.4 Å². The molecule has 1 saturated carbocycles. The van der Waals surface area contributed by atoms with E-state index in [0.717, 1.165) is 24.8 Å². The summed E-state index contributed by atoms with van der Waals surface area (Å²) < 4.78 is 5.28. The Morgan fingerprint density at radius 1 is 1.24 bits per heavy atom. The predicted molar refractivity (Wildman–Crippen MR) is 79.4 cm³/mol. The SMILES string of the molecule is C[C@@H]1CCC2=C(C(=O)NCCOC2=O)[C@@H]2CC(C)(C)C[C@H]12. The molecule has 0 spiro atoms. The second-order valence-electron chi connectivity index (χ2n) is 7.64. The van der Waals surface area contributed by atoms with Gasteiger partial charge in [0.1, 0.15) is 6.61 Å². The van der Waals surface area contributed by atoms with Gasteiger partial charge in [0.2, 0.25) is 5.91 Å². The van der Waals surface area contributed by atoms with Crippen molar-refractivity contribution in [2.24, 2.45) is 23.2 Å². The highest BCUT2D eigenvalue weighted by Crippen LogP contribution is 2.54. The van der Waals surface area contributed by atoms with E-state index < -0.39 is 0 Å². The van der Waals surface area contributed by atoms with Gasteiger partial charge in [-0.15, -0.1) is 0 Å². The first-order valence-electron chi connectivity index (χ1n) is 8.07. The van der Waals surface area contributed by atoms with Crippen LogP contribution < -0.4 is 5.32 Å². The van der Waals surface area contributed by atoms with Gasteiger partial charge >= 0.3 is 5.97 Å². The fraction of sp³-hybridized carbons (Fsp3) is 0.765. The highest BCUT2D eigenvalue weighted by molar-refractivity contribution is 6.03. The van der Waals surface area contributed by atoms with Gasteiger partial charge in [0.15, 0.2) is 0 Å². The molecule has 1 N–H and O–H groups in total. The summed E-state index contributed by atoms with van der Waals surface area (Å²) in [7, 11) is 0. The number of amides is 1. The van der Waals surface area contributed by atoms with Crippen LogP contribution in [0.15, 0.2) is 11.1 Å². The Kier molecular flexibility index (Phi) is 3.58. The summed E-state index contributed by atoms with van der Waals surface area (Å²) in [6.07, 6.45) is 3.77. The largest absolute Gasteiger partial charge is 0.460 e. The second-order valence-corrected chi connectivity index (χ2v) is 7.64. The van der Waals surface area contributed by atoms with E-state index in [-0.39, 0.29) is 29.8 Å². The molecule has 1 amide bonds. The van der Waals surface area contributed by atoms with Crippen LogP contribution in [0, 0.1) is 23.2 Å². The molecule has 21 heavy (non-hydrogen) atoms. The van der Waals surface area contributed by atoms with Crippen LogP contribution in [0.1, 0.15) is 46.5 Å². The number of esters is 1. The topological polar surface area (TPSA) is 55.4 Å². The molecule has 0 radical (unpaired) electrons. The third kappa shape index (κ3) is 2.60. The monoisotopic (exact) mass is 291 g/mol. The third-order valence-electron chi connectivity index (χ3n) is 5.47. The van der Waals surface area contributed by atoms with Crippen LogP contribution in [0.5, 0.6) is 0 Å². The van der Waals surface area contributed by atoms with Gasteiger partial charge in [-0.25, -0.2) is 4.79 Å². The molecule has 3 atom stereocenters. The van der Waals surface area contributed by atoms with Crippen molar-refractivity contribution in [1.82, 2.24) is 5.32 Å². The molecule has 4 heteroatoms. The smallest absolute Gasteiger partial charge is 0.334 e. The molecule has 0 bridgehead atoms. The number of hydrogen-bond donors (Lipinski definition) is 1. The first kappa shape index (κ1) is 14.6. The predicted octanol–water partition coefficient (Wildman–Crippen LogP) is 2.44. The molecule has 0 aromatic rings. The first-order valence-corrected chi connectivity index (χ1v) is 8.07. The number of ether oxygens (including phenoxy) is 1. The molecule has 0 aromatic heterocycles. The number of hydrogen-bond acceptors (Lipinski definition) is 3. The Morgan fingerprint density at radius 3 is 2.76 bits per heavy atom. The van der Waals surface area contributed by atoms with Crippen molar-refractivity contribution in [2.45, 2.75) is 46.5 Å². The average molecular weight is 291 g/mol. The molecule has 0 saturated heterocycles. The second kappa shape index (κ2) is 5.15. The molecule has 4 nitrogen and oxygen atoms in total. The summed E-state index contributed by atoms with van der Waals surface area (Å²) in [5, 5.41) is 2.91. The van der Waals surface area contributed by atoms with Crippen LogP contribution in [0.25, 0.3) is 0 Å².